The molecule has 0 spiro atoms. The van der Waals surface area contributed by atoms with Crippen LogP contribution in [0.25, 0.3) is 0 Å². The first-order chi connectivity index (χ1) is 9.29. The standard InChI is InChI=1S/C16H27NO2/c1-3-8-17-11-16-13(2)10-15(19-16)12-18-9-7-14-5-4-6-14/h10,14,17H,3-9,11-12H2,1-2H3. The van der Waals surface area contributed by atoms with Crippen molar-refractivity contribution in [1.82, 2.24) is 5.32 Å². The molecule has 19 heavy (non-hydrogen) atoms. The molecule has 0 amide bonds. The molecule has 0 atom stereocenters. The highest BCUT2D eigenvalue weighted by Gasteiger charge is 2.16. The van der Waals surface area contributed by atoms with Crippen LogP contribution in [0.4, 0.5) is 0 Å². The van der Waals surface area contributed by atoms with Crippen LogP contribution >= 0.6 is 0 Å². The summed E-state index contributed by atoms with van der Waals surface area (Å²) in [6.07, 6.45) is 6.57. The van der Waals surface area contributed by atoms with E-state index in [4.69, 9.17) is 9.15 Å². The van der Waals surface area contributed by atoms with Gasteiger partial charge in [-0.25, -0.2) is 0 Å². The van der Waals surface area contributed by atoms with Gasteiger partial charge in [-0.05, 0) is 43.9 Å². The van der Waals surface area contributed by atoms with E-state index >= 15 is 0 Å². The van der Waals surface area contributed by atoms with Crippen LogP contribution in [0.2, 0.25) is 0 Å². The topological polar surface area (TPSA) is 34.4 Å². The molecule has 0 saturated heterocycles. The number of rotatable bonds is 9. The number of hydrogen-bond donors (Lipinski definition) is 1. The zero-order chi connectivity index (χ0) is 13.5. The first-order valence-electron chi connectivity index (χ1n) is 7.66. The van der Waals surface area contributed by atoms with Crippen LogP contribution in [0.15, 0.2) is 10.5 Å². The Bertz CT molecular complexity index is 369. The molecule has 1 N–H and O–H groups in total. The summed E-state index contributed by atoms with van der Waals surface area (Å²) in [6.45, 7) is 7.61. The molecular formula is C16H27NO2. The predicted octanol–water partition coefficient (Wildman–Crippen LogP) is 3.79. The highest BCUT2D eigenvalue weighted by molar-refractivity contribution is 5.19. The minimum absolute atomic E-state index is 0.612. The molecule has 3 nitrogen and oxygen atoms in total. The second-order valence-corrected chi connectivity index (χ2v) is 5.63. The monoisotopic (exact) mass is 265 g/mol. The van der Waals surface area contributed by atoms with E-state index in [0.29, 0.717) is 6.61 Å². The fourth-order valence-electron chi connectivity index (χ4n) is 2.42. The summed E-state index contributed by atoms with van der Waals surface area (Å²) in [6, 6.07) is 2.10. The van der Waals surface area contributed by atoms with Crippen molar-refractivity contribution in [2.75, 3.05) is 13.2 Å². The summed E-state index contributed by atoms with van der Waals surface area (Å²) in [5.41, 5.74) is 1.22. The maximum atomic E-state index is 5.82. The fraction of sp³-hybridized carbons (Fsp3) is 0.750. The molecule has 0 radical (unpaired) electrons. The molecule has 1 aromatic heterocycles. The lowest BCUT2D eigenvalue weighted by atomic mass is 9.83. The molecule has 3 heteroatoms. The third-order valence-corrected chi connectivity index (χ3v) is 3.92. The van der Waals surface area contributed by atoms with Crippen molar-refractivity contribution < 1.29 is 9.15 Å². The third kappa shape index (κ3) is 4.66. The molecule has 0 aliphatic heterocycles. The van der Waals surface area contributed by atoms with Gasteiger partial charge in [-0.2, -0.15) is 0 Å². The number of ether oxygens (including phenoxy) is 1. The van der Waals surface area contributed by atoms with E-state index in [1.807, 2.05) is 0 Å². The molecule has 0 bridgehead atoms. The Morgan fingerprint density at radius 1 is 1.42 bits per heavy atom. The van der Waals surface area contributed by atoms with Crippen LogP contribution in [0.3, 0.4) is 0 Å². The summed E-state index contributed by atoms with van der Waals surface area (Å²) >= 11 is 0. The van der Waals surface area contributed by atoms with Crippen LogP contribution in [0, 0.1) is 12.8 Å². The van der Waals surface area contributed by atoms with Gasteiger partial charge < -0.3 is 14.5 Å². The number of furan rings is 1. The average Bonchev–Trinajstić information content (AvgIpc) is 2.68. The Balaban J connectivity index is 1.66. The lowest BCUT2D eigenvalue weighted by molar-refractivity contribution is 0.0829. The maximum Gasteiger partial charge on any atom is 0.130 e. The van der Waals surface area contributed by atoms with Crippen molar-refractivity contribution in [3.8, 4) is 0 Å². The highest BCUT2D eigenvalue weighted by atomic mass is 16.5. The second-order valence-electron chi connectivity index (χ2n) is 5.63. The molecule has 0 unspecified atom stereocenters. The average molecular weight is 265 g/mol. The fourth-order valence-corrected chi connectivity index (χ4v) is 2.42. The molecule has 1 aliphatic carbocycles. The quantitative estimate of drug-likeness (QED) is 0.690. The predicted molar refractivity (Wildman–Crippen MR) is 77.1 cm³/mol. The zero-order valence-electron chi connectivity index (χ0n) is 12.3. The van der Waals surface area contributed by atoms with Crippen molar-refractivity contribution in [3.63, 3.8) is 0 Å². The van der Waals surface area contributed by atoms with Crippen LogP contribution in [-0.4, -0.2) is 13.2 Å². The van der Waals surface area contributed by atoms with E-state index < -0.39 is 0 Å². The van der Waals surface area contributed by atoms with Gasteiger partial charge >= 0.3 is 0 Å². The lowest BCUT2D eigenvalue weighted by Gasteiger charge is -2.24. The van der Waals surface area contributed by atoms with E-state index in [0.717, 1.165) is 43.6 Å². The summed E-state index contributed by atoms with van der Waals surface area (Å²) in [4.78, 5) is 0. The summed E-state index contributed by atoms with van der Waals surface area (Å²) in [5, 5.41) is 3.37. The van der Waals surface area contributed by atoms with Gasteiger partial charge in [0.2, 0.25) is 0 Å². The summed E-state index contributed by atoms with van der Waals surface area (Å²) in [7, 11) is 0. The SMILES string of the molecule is CCCNCc1oc(COCCC2CCC2)cc1C. The van der Waals surface area contributed by atoms with E-state index in [-0.39, 0.29) is 0 Å². The number of hydrogen-bond acceptors (Lipinski definition) is 3. The zero-order valence-corrected chi connectivity index (χ0v) is 12.3. The van der Waals surface area contributed by atoms with Gasteiger partial charge in [0, 0.05) is 6.61 Å². The molecular weight excluding hydrogens is 238 g/mol. The minimum Gasteiger partial charge on any atom is -0.462 e. The van der Waals surface area contributed by atoms with Crippen LogP contribution in [0.1, 0.15) is 56.1 Å². The molecule has 2 rings (SSSR count). The smallest absolute Gasteiger partial charge is 0.130 e. The Morgan fingerprint density at radius 2 is 2.26 bits per heavy atom. The molecule has 1 fully saturated rings. The molecule has 108 valence electrons. The maximum absolute atomic E-state index is 5.82. The van der Waals surface area contributed by atoms with Crippen molar-refractivity contribution in [1.29, 1.82) is 0 Å². The van der Waals surface area contributed by atoms with Gasteiger partial charge in [-0.3, -0.25) is 0 Å². The third-order valence-electron chi connectivity index (χ3n) is 3.92. The van der Waals surface area contributed by atoms with Gasteiger partial charge in [0.05, 0.1) is 6.54 Å². The van der Waals surface area contributed by atoms with Gasteiger partial charge in [0.1, 0.15) is 18.1 Å². The number of nitrogens with one attached hydrogen (secondary N) is 1. The highest BCUT2D eigenvalue weighted by Crippen LogP contribution is 2.29. The van der Waals surface area contributed by atoms with Gasteiger partial charge in [0.15, 0.2) is 0 Å². The van der Waals surface area contributed by atoms with Crippen LogP contribution < -0.4 is 5.32 Å². The van der Waals surface area contributed by atoms with Crippen molar-refractivity contribution in [2.45, 2.75) is 59.1 Å². The van der Waals surface area contributed by atoms with E-state index in [9.17, 15) is 0 Å². The second kappa shape index (κ2) is 7.71. The van der Waals surface area contributed by atoms with Crippen LogP contribution in [-0.2, 0) is 17.9 Å². The largest absolute Gasteiger partial charge is 0.462 e. The molecule has 1 aliphatic rings. The Labute approximate surface area is 116 Å². The lowest BCUT2D eigenvalue weighted by Crippen LogP contribution is -2.13. The summed E-state index contributed by atoms with van der Waals surface area (Å²) in [5.74, 6) is 2.93. The summed E-state index contributed by atoms with van der Waals surface area (Å²) < 4.78 is 11.5. The van der Waals surface area contributed by atoms with E-state index in [2.05, 4.69) is 25.2 Å². The Kier molecular flexibility index (Phi) is 5.93. The van der Waals surface area contributed by atoms with E-state index in [1.54, 1.807) is 0 Å². The van der Waals surface area contributed by atoms with Gasteiger partial charge in [-0.15, -0.1) is 0 Å². The van der Waals surface area contributed by atoms with Gasteiger partial charge in [-0.1, -0.05) is 26.2 Å². The van der Waals surface area contributed by atoms with Crippen molar-refractivity contribution >= 4 is 0 Å². The molecule has 0 aromatic carbocycles. The van der Waals surface area contributed by atoms with E-state index in [1.165, 1.54) is 31.2 Å². The minimum atomic E-state index is 0.612. The Morgan fingerprint density at radius 3 is 2.95 bits per heavy atom. The van der Waals surface area contributed by atoms with Crippen molar-refractivity contribution in [3.05, 3.63) is 23.2 Å². The van der Waals surface area contributed by atoms with Gasteiger partial charge in [0.25, 0.3) is 0 Å². The molecule has 1 aromatic rings. The van der Waals surface area contributed by atoms with Crippen LogP contribution in [0.5, 0.6) is 0 Å². The number of aryl methyl sites for hydroxylation is 1. The normalized spacial score (nSPS) is 15.7. The van der Waals surface area contributed by atoms with Crippen molar-refractivity contribution in [2.24, 2.45) is 5.92 Å². The molecule has 1 heterocycles. The molecule has 1 saturated carbocycles. The Hall–Kier alpha value is -0.800. The first kappa shape index (κ1) is 14.6. The first-order valence-corrected chi connectivity index (χ1v) is 7.66.